The number of rotatable bonds is 6. The van der Waals surface area contributed by atoms with Gasteiger partial charge in [-0.15, -0.1) is 0 Å². The standard InChI is InChI=1S/C17H19F2NO/c1-2-9-20-17(10-12-3-6-14(21)7-4-12)15-8-5-13(18)11-16(15)19/h3-8,11,17,20-21H,2,9-10H2,1H3. The molecule has 0 aromatic heterocycles. The first kappa shape index (κ1) is 15.4. The smallest absolute Gasteiger partial charge is 0.130 e. The van der Waals surface area contributed by atoms with Crippen molar-refractivity contribution in [1.29, 1.82) is 0 Å². The van der Waals surface area contributed by atoms with Crippen molar-refractivity contribution < 1.29 is 13.9 Å². The molecular weight excluding hydrogens is 272 g/mol. The Kier molecular flexibility index (Phi) is 5.28. The van der Waals surface area contributed by atoms with Gasteiger partial charge in [-0.25, -0.2) is 8.78 Å². The van der Waals surface area contributed by atoms with Gasteiger partial charge in [-0.2, -0.15) is 0 Å². The predicted octanol–water partition coefficient (Wildman–Crippen LogP) is 3.95. The Morgan fingerprint density at radius 3 is 2.43 bits per heavy atom. The number of aromatic hydroxyl groups is 1. The van der Waals surface area contributed by atoms with Gasteiger partial charge in [-0.05, 0) is 43.1 Å². The maximum atomic E-state index is 14.0. The number of hydrogen-bond acceptors (Lipinski definition) is 2. The molecule has 1 unspecified atom stereocenters. The van der Waals surface area contributed by atoms with Crippen molar-refractivity contribution >= 4 is 0 Å². The molecule has 0 radical (unpaired) electrons. The van der Waals surface area contributed by atoms with Crippen LogP contribution in [0.2, 0.25) is 0 Å². The van der Waals surface area contributed by atoms with Gasteiger partial charge in [0.1, 0.15) is 17.4 Å². The third-order valence-corrected chi connectivity index (χ3v) is 3.35. The second-order valence-electron chi connectivity index (χ2n) is 5.04. The first-order chi connectivity index (χ1) is 10.1. The summed E-state index contributed by atoms with van der Waals surface area (Å²) in [5.74, 6) is -0.915. The zero-order valence-electron chi connectivity index (χ0n) is 11.9. The number of phenols is 1. The quantitative estimate of drug-likeness (QED) is 0.844. The summed E-state index contributed by atoms with van der Waals surface area (Å²) < 4.78 is 27.0. The van der Waals surface area contributed by atoms with E-state index in [0.29, 0.717) is 12.0 Å². The van der Waals surface area contributed by atoms with Crippen molar-refractivity contribution in [2.45, 2.75) is 25.8 Å². The summed E-state index contributed by atoms with van der Waals surface area (Å²) in [5.41, 5.74) is 1.43. The summed E-state index contributed by atoms with van der Waals surface area (Å²) in [7, 11) is 0. The van der Waals surface area contributed by atoms with Crippen LogP contribution < -0.4 is 5.32 Å². The SMILES string of the molecule is CCCNC(Cc1ccc(O)cc1)c1ccc(F)cc1F. The molecule has 2 rings (SSSR count). The van der Waals surface area contributed by atoms with Crippen LogP contribution in [0.3, 0.4) is 0 Å². The molecular formula is C17H19F2NO. The Hall–Kier alpha value is -1.94. The zero-order valence-corrected chi connectivity index (χ0v) is 11.9. The average molecular weight is 291 g/mol. The van der Waals surface area contributed by atoms with Gasteiger partial charge in [-0.1, -0.05) is 25.1 Å². The predicted molar refractivity (Wildman–Crippen MR) is 79.2 cm³/mol. The highest BCUT2D eigenvalue weighted by atomic mass is 19.1. The Balaban J connectivity index is 2.22. The molecule has 0 saturated heterocycles. The van der Waals surface area contributed by atoms with Gasteiger partial charge < -0.3 is 10.4 Å². The molecule has 2 nitrogen and oxygen atoms in total. The average Bonchev–Trinajstić information content (AvgIpc) is 2.46. The molecule has 2 aromatic rings. The molecule has 0 saturated carbocycles. The van der Waals surface area contributed by atoms with Crippen LogP contribution in [0.1, 0.15) is 30.5 Å². The topological polar surface area (TPSA) is 32.3 Å². The van der Waals surface area contributed by atoms with Crippen molar-refractivity contribution in [3.63, 3.8) is 0 Å². The first-order valence-electron chi connectivity index (χ1n) is 7.06. The third-order valence-electron chi connectivity index (χ3n) is 3.35. The van der Waals surface area contributed by atoms with Gasteiger partial charge in [0.2, 0.25) is 0 Å². The van der Waals surface area contributed by atoms with Crippen LogP contribution in [0.4, 0.5) is 8.78 Å². The molecule has 0 bridgehead atoms. The van der Waals surface area contributed by atoms with E-state index in [1.165, 1.54) is 12.1 Å². The van der Waals surface area contributed by atoms with Crippen LogP contribution in [0.25, 0.3) is 0 Å². The minimum atomic E-state index is -0.574. The van der Waals surface area contributed by atoms with Crippen LogP contribution in [0.15, 0.2) is 42.5 Å². The molecule has 0 heterocycles. The lowest BCUT2D eigenvalue weighted by atomic mass is 9.98. The van der Waals surface area contributed by atoms with Crippen molar-refractivity contribution in [1.82, 2.24) is 5.32 Å². The molecule has 4 heteroatoms. The molecule has 0 fully saturated rings. The van der Waals surface area contributed by atoms with Gasteiger partial charge in [0, 0.05) is 17.7 Å². The van der Waals surface area contributed by atoms with E-state index in [9.17, 15) is 13.9 Å². The van der Waals surface area contributed by atoms with Crippen LogP contribution in [0, 0.1) is 11.6 Å². The summed E-state index contributed by atoms with van der Waals surface area (Å²) in [6.45, 7) is 2.78. The van der Waals surface area contributed by atoms with Gasteiger partial charge >= 0.3 is 0 Å². The first-order valence-corrected chi connectivity index (χ1v) is 7.06. The monoisotopic (exact) mass is 291 g/mol. The minimum absolute atomic E-state index is 0.199. The second-order valence-corrected chi connectivity index (χ2v) is 5.04. The Labute approximate surface area is 123 Å². The summed E-state index contributed by atoms with van der Waals surface area (Å²) in [5, 5.41) is 12.6. The van der Waals surface area contributed by atoms with Gasteiger partial charge in [0.25, 0.3) is 0 Å². The van der Waals surface area contributed by atoms with E-state index < -0.39 is 11.6 Å². The van der Waals surface area contributed by atoms with Crippen LogP contribution >= 0.6 is 0 Å². The number of halogens is 2. The maximum absolute atomic E-state index is 14.0. The number of benzene rings is 2. The fourth-order valence-corrected chi connectivity index (χ4v) is 2.26. The highest BCUT2D eigenvalue weighted by Gasteiger charge is 2.16. The lowest BCUT2D eigenvalue weighted by molar-refractivity contribution is 0.473. The van der Waals surface area contributed by atoms with E-state index in [1.54, 1.807) is 24.3 Å². The molecule has 2 N–H and O–H groups in total. The summed E-state index contributed by atoms with van der Waals surface area (Å²) in [6.07, 6.45) is 1.50. The van der Waals surface area contributed by atoms with Crippen LogP contribution in [-0.2, 0) is 6.42 Å². The van der Waals surface area contributed by atoms with E-state index in [0.717, 1.165) is 24.6 Å². The lowest BCUT2D eigenvalue weighted by Crippen LogP contribution is -2.25. The third kappa shape index (κ3) is 4.26. The molecule has 0 aliphatic heterocycles. The van der Waals surface area contributed by atoms with Gasteiger partial charge in [0.05, 0.1) is 0 Å². The van der Waals surface area contributed by atoms with Crippen molar-refractivity contribution in [2.24, 2.45) is 0 Å². The molecule has 21 heavy (non-hydrogen) atoms. The van der Waals surface area contributed by atoms with Crippen molar-refractivity contribution in [3.8, 4) is 5.75 Å². The zero-order chi connectivity index (χ0) is 15.2. The highest BCUT2D eigenvalue weighted by molar-refractivity contribution is 5.29. The number of phenolic OH excluding ortho intramolecular Hbond substituents is 1. The lowest BCUT2D eigenvalue weighted by Gasteiger charge is -2.20. The fourth-order valence-electron chi connectivity index (χ4n) is 2.26. The van der Waals surface area contributed by atoms with E-state index in [2.05, 4.69) is 5.32 Å². The van der Waals surface area contributed by atoms with Gasteiger partial charge in [-0.3, -0.25) is 0 Å². The summed E-state index contributed by atoms with van der Waals surface area (Å²) >= 11 is 0. The van der Waals surface area contributed by atoms with Crippen molar-refractivity contribution in [2.75, 3.05) is 6.54 Å². The molecule has 0 aliphatic rings. The van der Waals surface area contributed by atoms with Crippen molar-refractivity contribution in [3.05, 3.63) is 65.2 Å². The summed E-state index contributed by atoms with van der Waals surface area (Å²) in [4.78, 5) is 0. The number of hydrogen-bond donors (Lipinski definition) is 2. The molecule has 112 valence electrons. The largest absolute Gasteiger partial charge is 0.508 e. The van der Waals surface area contributed by atoms with E-state index in [-0.39, 0.29) is 11.8 Å². The number of nitrogens with one attached hydrogen (secondary N) is 1. The second kappa shape index (κ2) is 7.18. The molecule has 0 amide bonds. The van der Waals surface area contributed by atoms with Gasteiger partial charge in [0.15, 0.2) is 0 Å². The normalized spacial score (nSPS) is 12.3. The summed E-state index contributed by atoms with van der Waals surface area (Å²) in [6, 6.07) is 10.3. The highest BCUT2D eigenvalue weighted by Crippen LogP contribution is 2.23. The molecule has 2 aromatic carbocycles. The molecule has 0 aliphatic carbocycles. The Morgan fingerprint density at radius 1 is 1.10 bits per heavy atom. The molecule has 0 spiro atoms. The van der Waals surface area contributed by atoms with E-state index >= 15 is 0 Å². The Morgan fingerprint density at radius 2 is 1.81 bits per heavy atom. The van der Waals surface area contributed by atoms with Crippen LogP contribution in [0.5, 0.6) is 5.75 Å². The fraction of sp³-hybridized carbons (Fsp3) is 0.294. The maximum Gasteiger partial charge on any atom is 0.130 e. The molecule has 1 atom stereocenters. The Bertz CT molecular complexity index is 584. The van der Waals surface area contributed by atoms with E-state index in [1.807, 2.05) is 6.92 Å². The minimum Gasteiger partial charge on any atom is -0.508 e. The van der Waals surface area contributed by atoms with E-state index in [4.69, 9.17) is 0 Å². The van der Waals surface area contributed by atoms with Crippen LogP contribution in [-0.4, -0.2) is 11.7 Å².